The van der Waals surface area contributed by atoms with Gasteiger partial charge in [0.25, 0.3) is 5.91 Å². The number of carbonyl (C=O) groups excluding carboxylic acids is 1. The molecule has 1 aliphatic rings. The van der Waals surface area contributed by atoms with E-state index in [1.165, 1.54) is 24.8 Å². The number of carbonyl (C=O) groups is 1. The van der Waals surface area contributed by atoms with Crippen molar-refractivity contribution in [2.24, 2.45) is 0 Å². The largest absolute Gasteiger partial charge is 0.351 e. The summed E-state index contributed by atoms with van der Waals surface area (Å²) in [6.07, 6.45) is 3.83. The third kappa shape index (κ3) is 3.64. The normalized spacial score (nSPS) is 19.6. The predicted molar refractivity (Wildman–Crippen MR) is 99.5 cm³/mol. The summed E-state index contributed by atoms with van der Waals surface area (Å²) in [5.41, 5.74) is 2.58. The van der Waals surface area contributed by atoms with Gasteiger partial charge in [0, 0.05) is 29.0 Å². The van der Waals surface area contributed by atoms with E-state index in [4.69, 9.17) is 0 Å². The third-order valence-electron chi connectivity index (χ3n) is 5.12. The maximum Gasteiger partial charge on any atom is 0.268 e. The number of rotatable bonds is 4. The van der Waals surface area contributed by atoms with Crippen molar-refractivity contribution in [1.82, 2.24) is 15.2 Å². The van der Waals surface area contributed by atoms with Crippen LogP contribution in [0.1, 0.15) is 56.1 Å². The van der Waals surface area contributed by atoms with Crippen LogP contribution in [0.2, 0.25) is 0 Å². The van der Waals surface area contributed by atoms with Crippen LogP contribution in [0, 0.1) is 6.92 Å². The van der Waals surface area contributed by atoms with Crippen molar-refractivity contribution in [3.8, 4) is 0 Å². The minimum absolute atomic E-state index is 0.0275. The number of nitrogens with zero attached hydrogens (tertiary/aromatic N) is 1. The smallest absolute Gasteiger partial charge is 0.268 e. The van der Waals surface area contributed by atoms with Gasteiger partial charge >= 0.3 is 0 Å². The number of piperidine rings is 1. The van der Waals surface area contributed by atoms with Gasteiger partial charge in [0.05, 0.1) is 0 Å². The van der Waals surface area contributed by atoms with Crippen LogP contribution >= 0.6 is 0 Å². The number of likely N-dealkylation sites (tertiary alicyclic amines) is 1. The molecule has 1 aliphatic heterocycles. The highest BCUT2D eigenvalue weighted by molar-refractivity contribution is 5.99. The van der Waals surface area contributed by atoms with Crippen LogP contribution in [-0.4, -0.2) is 40.5 Å². The van der Waals surface area contributed by atoms with Gasteiger partial charge in [-0.1, -0.05) is 18.6 Å². The Balaban J connectivity index is 1.71. The summed E-state index contributed by atoms with van der Waals surface area (Å²) < 4.78 is 0. The van der Waals surface area contributed by atoms with Crippen LogP contribution < -0.4 is 5.32 Å². The Morgan fingerprint density at radius 2 is 2.17 bits per heavy atom. The number of hydrogen-bond donors (Lipinski definition) is 2. The van der Waals surface area contributed by atoms with Crippen molar-refractivity contribution < 1.29 is 4.79 Å². The number of nitrogens with one attached hydrogen (secondary N) is 2. The molecule has 4 heteroatoms. The molecular weight excluding hydrogens is 298 g/mol. The average Bonchev–Trinajstić information content (AvgIpc) is 2.95. The van der Waals surface area contributed by atoms with Gasteiger partial charge in [-0.3, -0.25) is 9.69 Å². The van der Waals surface area contributed by atoms with E-state index in [1.54, 1.807) is 0 Å². The van der Waals surface area contributed by atoms with Crippen LogP contribution in [0.25, 0.3) is 10.9 Å². The predicted octanol–water partition coefficient (Wildman–Crippen LogP) is 3.86. The summed E-state index contributed by atoms with van der Waals surface area (Å²) >= 11 is 0. The van der Waals surface area contributed by atoms with Crippen LogP contribution in [0.5, 0.6) is 0 Å². The fourth-order valence-electron chi connectivity index (χ4n) is 3.74. The van der Waals surface area contributed by atoms with Crippen LogP contribution in [0.15, 0.2) is 24.3 Å². The van der Waals surface area contributed by atoms with Gasteiger partial charge < -0.3 is 10.3 Å². The summed E-state index contributed by atoms with van der Waals surface area (Å²) in [7, 11) is 0. The number of fused-ring (bicyclic) bond motifs is 1. The molecule has 1 amide bonds. The lowest BCUT2D eigenvalue weighted by molar-refractivity contribution is 0.0831. The van der Waals surface area contributed by atoms with Gasteiger partial charge in [-0.2, -0.15) is 0 Å². The van der Waals surface area contributed by atoms with Gasteiger partial charge in [0.2, 0.25) is 0 Å². The highest BCUT2D eigenvalue weighted by atomic mass is 16.2. The van der Waals surface area contributed by atoms with Crippen molar-refractivity contribution in [3.63, 3.8) is 0 Å². The lowest BCUT2D eigenvalue weighted by atomic mass is 9.98. The Morgan fingerprint density at radius 3 is 2.88 bits per heavy atom. The molecule has 4 nitrogen and oxygen atoms in total. The molecule has 1 fully saturated rings. The summed E-state index contributed by atoms with van der Waals surface area (Å²) in [6, 6.07) is 8.65. The van der Waals surface area contributed by atoms with E-state index in [0.717, 1.165) is 24.0 Å². The lowest BCUT2D eigenvalue weighted by Crippen LogP contribution is -2.54. The Bertz CT molecular complexity index is 732. The van der Waals surface area contributed by atoms with Crippen molar-refractivity contribution in [1.29, 1.82) is 0 Å². The van der Waals surface area contributed by atoms with E-state index in [-0.39, 0.29) is 11.4 Å². The molecule has 1 atom stereocenters. The molecule has 0 spiro atoms. The number of benzene rings is 1. The molecule has 24 heavy (non-hydrogen) atoms. The zero-order valence-corrected chi connectivity index (χ0v) is 15.3. The second kappa shape index (κ2) is 6.60. The van der Waals surface area contributed by atoms with E-state index in [0.29, 0.717) is 11.7 Å². The van der Waals surface area contributed by atoms with Gasteiger partial charge in [0.15, 0.2) is 0 Å². The van der Waals surface area contributed by atoms with Gasteiger partial charge in [-0.15, -0.1) is 0 Å². The fraction of sp³-hybridized carbons (Fsp3) is 0.550. The Labute approximate surface area is 144 Å². The number of aromatic nitrogens is 1. The van der Waals surface area contributed by atoms with E-state index in [1.807, 2.05) is 18.2 Å². The Hall–Kier alpha value is -1.81. The van der Waals surface area contributed by atoms with Crippen molar-refractivity contribution in [2.75, 3.05) is 13.1 Å². The summed E-state index contributed by atoms with van der Waals surface area (Å²) in [4.78, 5) is 18.4. The highest BCUT2D eigenvalue weighted by Crippen LogP contribution is 2.21. The van der Waals surface area contributed by atoms with Crippen molar-refractivity contribution >= 4 is 16.8 Å². The maximum absolute atomic E-state index is 12.7. The first kappa shape index (κ1) is 17.0. The van der Waals surface area contributed by atoms with Crippen LogP contribution in [0.4, 0.5) is 0 Å². The first-order valence-electron chi connectivity index (χ1n) is 9.01. The third-order valence-corrected chi connectivity index (χ3v) is 5.12. The topological polar surface area (TPSA) is 48.1 Å². The zero-order chi connectivity index (χ0) is 17.3. The van der Waals surface area contributed by atoms with Gasteiger partial charge in [-0.25, -0.2) is 0 Å². The molecule has 1 aromatic heterocycles. The van der Waals surface area contributed by atoms with Gasteiger partial charge in [-0.05, 0) is 64.8 Å². The second-order valence-corrected chi connectivity index (χ2v) is 7.87. The monoisotopic (exact) mass is 327 g/mol. The second-order valence-electron chi connectivity index (χ2n) is 7.87. The molecule has 2 aromatic rings. The van der Waals surface area contributed by atoms with Gasteiger partial charge in [0.1, 0.15) is 5.69 Å². The molecule has 1 unspecified atom stereocenters. The standard InChI is InChI=1S/C20H29N3O/c1-14-8-7-10-17-16(14)12-18(21-17)19(24)22-20(3,4)13-23-11-6-5-9-15(23)2/h7-8,10,12,15,21H,5-6,9,11,13H2,1-4H3,(H,22,24). The number of aromatic amines is 1. The molecule has 0 saturated carbocycles. The fourth-order valence-corrected chi connectivity index (χ4v) is 3.74. The first-order valence-corrected chi connectivity index (χ1v) is 9.01. The quantitative estimate of drug-likeness (QED) is 0.896. The molecule has 2 N–H and O–H groups in total. The molecule has 2 heterocycles. The summed E-state index contributed by atoms with van der Waals surface area (Å²) in [6.45, 7) is 10.6. The molecule has 0 bridgehead atoms. The minimum atomic E-state index is -0.255. The van der Waals surface area contributed by atoms with Crippen molar-refractivity contribution in [3.05, 3.63) is 35.5 Å². The van der Waals surface area contributed by atoms with Crippen molar-refractivity contribution in [2.45, 2.75) is 58.5 Å². The van der Waals surface area contributed by atoms with E-state index < -0.39 is 0 Å². The number of hydrogen-bond acceptors (Lipinski definition) is 2. The Kier molecular flexibility index (Phi) is 4.68. The lowest BCUT2D eigenvalue weighted by Gasteiger charge is -2.39. The number of H-pyrrole nitrogens is 1. The van der Waals surface area contributed by atoms with E-state index in [2.05, 4.69) is 49.0 Å². The van der Waals surface area contributed by atoms with E-state index in [9.17, 15) is 4.79 Å². The maximum atomic E-state index is 12.7. The first-order chi connectivity index (χ1) is 11.4. The molecule has 130 valence electrons. The Morgan fingerprint density at radius 1 is 1.38 bits per heavy atom. The average molecular weight is 327 g/mol. The van der Waals surface area contributed by atoms with E-state index >= 15 is 0 Å². The molecule has 0 radical (unpaired) electrons. The number of aryl methyl sites for hydroxylation is 1. The SMILES string of the molecule is Cc1cccc2[nH]c(C(=O)NC(C)(C)CN3CCCCC3C)cc12. The molecular formula is C20H29N3O. The summed E-state index contributed by atoms with van der Waals surface area (Å²) in [5, 5.41) is 4.32. The highest BCUT2D eigenvalue weighted by Gasteiger charge is 2.28. The zero-order valence-electron chi connectivity index (χ0n) is 15.3. The van der Waals surface area contributed by atoms with Crippen LogP contribution in [-0.2, 0) is 0 Å². The molecule has 3 rings (SSSR count). The minimum Gasteiger partial charge on any atom is -0.351 e. The molecule has 1 aromatic carbocycles. The molecule has 0 aliphatic carbocycles. The molecule has 1 saturated heterocycles. The van der Waals surface area contributed by atoms with Crippen LogP contribution in [0.3, 0.4) is 0 Å². The number of amides is 1. The summed E-state index contributed by atoms with van der Waals surface area (Å²) in [5.74, 6) is -0.0275.